The Bertz CT molecular complexity index is 382. The van der Waals surface area contributed by atoms with Crippen LogP contribution in [-0.4, -0.2) is 23.0 Å². The number of carbonyl (C=O) groups is 2. The van der Waals surface area contributed by atoms with Crippen LogP contribution in [0.5, 0.6) is 0 Å². The number of carboxylic acid groups (broad SMARTS) is 1. The average molecular weight is 295 g/mol. The third-order valence-electron chi connectivity index (χ3n) is 5.60. The lowest BCUT2D eigenvalue weighted by Crippen LogP contribution is -2.43. The SMILES string of the molecule is CCC1CCCC(NC(=O)[C@H]2CC(CC)C[C@H]2C(=O)O)C1. The zero-order valence-electron chi connectivity index (χ0n) is 13.3. The van der Waals surface area contributed by atoms with Crippen molar-refractivity contribution < 1.29 is 14.7 Å². The van der Waals surface area contributed by atoms with Crippen molar-refractivity contribution in [3.05, 3.63) is 0 Å². The predicted molar refractivity (Wildman–Crippen MR) is 81.8 cm³/mol. The summed E-state index contributed by atoms with van der Waals surface area (Å²) in [5.74, 6) is -0.529. The fraction of sp³-hybridized carbons (Fsp3) is 0.882. The molecule has 5 atom stereocenters. The second kappa shape index (κ2) is 7.28. The van der Waals surface area contributed by atoms with Gasteiger partial charge in [-0.05, 0) is 37.5 Å². The Labute approximate surface area is 127 Å². The molecule has 0 aliphatic heterocycles. The number of carbonyl (C=O) groups excluding carboxylic acids is 1. The average Bonchev–Trinajstić information content (AvgIpc) is 2.92. The first-order chi connectivity index (χ1) is 10.0. The van der Waals surface area contributed by atoms with Gasteiger partial charge in [0.15, 0.2) is 0 Å². The maximum absolute atomic E-state index is 12.5. The molecule has 21 heavy (non-hydrogen) atoms. The third-order valence-corrected chi connectivity index (χ3v) is 5.60. The molecule has 0 radical (unpaired) electrons. The summed E-state index contributed by atoms with van der Waals surface area (Å²) in [6.07, 6.45) is 8.08. The van der Waals surface area contributed by atoms with Crippen molar-refractivity contribution in [2.24, 2.45) is 23.7 Å². The third kappa shape index (κ3) is 3.98. The number of rotatable bonds is 5. The van der Waals surface area contributed by atoms with E-state index in [4.69, 9.17) is 0 Å². The molecule has 0 aromatic rings. The second-order valence-corrected chi connectivity index (χ2v) is 6.94. The van der Waals surface area contributed by atoms with Gasteiger partial charge in [0.1, 0.15) is 0 Å². The van der Waals surface area contributed by atoms with E-state index in [1.54, 1.807) is 0 Å². The van der Waals surface area contributed by atoms with Gasteiger partial charge in [0.05, 0.1) is 11.8 Å². The summed E-state index contributed by atoms with van der Waals surface area (Å²) in [7, 11) is 0. The summed E-state index contributed by atoms with van der Waals surface area (Å²) in [5.41, 5.74) is 0. The standard InChI is InChI=1S/C17H29NO3/c1-3-11-6-5-7-13(8-11)18-16(19)14-9-12(4-2)10-15(14)17(20)21/h11-15H,3-10H2,1-2H3,(H,18,19)(H,20,21)/t11?,12?,13?,14-,15+/m0/s1. The molecule has 2 saturated carbocycles. The Morgan fingerprint density at radius 1 is 1.00 bits per heavy atom. The smallest absolute Gasteiger partial charge is 0.307 e. The molecule has 3 unspecified atom stereocenters. The molecule has 120 valence electrons. The van der Waals surface area contributed by atoms with E-state index in [2.05, 4.69) is 19.2 Å². The lowest BCUT2D eigenvalue weighted by Gasteiger charge is -2.30. The minimum Gasteiger partial charge on any atom is -0.481 e. The number of nitrogens with one attached hydrogen (secondary N) is 1. The molecule has 2 N–H and O–H groups in total. The molecular formula is C17H29NO3. The van der Waals surface area contributed by atoms with Gasteiger partial charge in [-0.2, -0.15) is 0 Å². The molecule has 0 aromatic heterocycles. The molecular weight excluding hydrogens is 266 g/mol. The van der Waals surface area contributed by atoms with E-state index < -0.39 is 11.9 Å². The molecule has 0 aromatic carbocycles. The predicted octanol–water partition coefficient (Wildman–Crippen LogP) is 3.21. The van der Waals surface area contributed by atoms with Crippen LogP contribution < -0.4 is 5.32 Å². The van der Waals surface area contributed by atoms with E-state index in [0.29, 0.717) is 18.3 Å². The summed E-state index contributed by atoms with van der Waals surface area (Å²) in [6.45, 7) is 4.29. The minimum atomic E-state index is -0.804. The van der Waals surface area contributed by atoms with Gasteiger partial charge in [0, 0.05) is 6.04 Å². The van der Waals surface area contributed by atoms with Gasteiger partial charge in [-0.25, -0.2) is 0 Å². The summed E-state index contributed by atoms with van der Waals surface area (Å²) < 4.78 is 0. The quantitative estimate of drug-likeness (QED) is 0.818. The van der Waals surface area contributed by atoms with Crippen molar-refractivity contribution in [1.29, 1.82) is 0 Å². The van der Waals surface area contributed by atoms with Crippen LogP contribution in [-0.2, 0) is 9.59 Å². The van der Waals surface area contributed by atoms with Crippen molar-refractivity contribution in [3.8, 4) is 0 Å². The maximum atomic E-state index is 12.5. The molecule has 0 bridgehead atoms. The number of hydrogen-bond acceptors (Lipinski definition) is 2. The molecule has 2 aliphatic carbocycles. The van der Waals surface area contributed by atoms with Crippen LogP contribution in [0.4, 0.5) is 0 Å². The zero-order chi connectivity index (χ0) is 15.4. The molecule has 2 aliphatic rings. The lowest BCUT2D eigenvalue weighted by molar-refractivity contribution is -0.146. The van der Waals surface area contributed by atoms with Crippen molar-refractivity contribution >= 4 is 11.9 Å². The van der Waals surface area contributed by atoms with E-state index in [0.717, 1.165) is 25.7 Å². The van der Waals surface area contributed by atoms with Gasteiger partial charge in [-0.1, -0.05) is 39.5 Å². The Morgan fingerprint density at radius 2 is 1.67 bits per heavy atom. The van der Waals surface area contributed by atoms with Gasteiger partial charge in [-0.3, -0.25) is 9.59 Å². The first-order valence-electron chi connectivity index (χ1n) is 8.58. The molecule has 0 heterocycles. The summed E-state index contributed by atoms with van der Waals surface area (Å²) in [6, 6.07) is 0.256. The lowest BCUT2D eigenvalue weighted by atomic mass is 9.83. The first-order valence-corrected chi connectivity index (χ1v) is 8.58. The van der Waals surface area contributed by atoms with Gasteiger partial charge >= 0.3 is 5.97 Å². The number of aliphatic carboxylic acids is 1. The Kier molecular flexibility index (Phi) is 5.65. The normalized spacial score (nSPS) is 36.4. The fourth-order valence-electron chi connectivity index (χ4n) is 4.14. The fourth-order valence-corrected chi connectivity index (χ4v) is 4.14. The number of amides is 1. The van der Waals surface area contributed by atoms with Crippen LogP contribution in [0.1, 0.15) is 65.2 Å². The Morgan fingerprint density at radius 3 is 2.29 bits per heavy atom. The summed E-state index contributed by atoms with van der Waals surface area (Å²) in [5, 5.41) is 12.5. The molecule has 4 heteroatoms. The van der Waals surface area contributed by atoms with Crippen LogP contribution in [0.3, 0.4) is 0 Å². The van der Waals surface area contributed by atoms with E-state index in [1.807, 2.05) is 0 Å². The highest BCUT2D eigenvalue weighted by atomic mass is 16.4. The van der Waals surface area contributed by atoms with Gasteiger partial charge in [-0.15, -0.1) is 0 Å². The zero-order valence-corrected chi connectivity index (χ0v) is 13.3. The molecule has 0 spiro atoms. The number of carboxylic acids is 1. The van der Waals surface area contributed by atoms with Crippen LogP contribution >= 0.6 is 0 Å². The van der Waals surface area contributed by atoms with E-state index in [9.17, 15) is 14.7 Å². The Balaban J connectivity index is 1.93. The van der Waals surface area contributed by atoms with Gasteiger partial charge < -0.3 is 10.4 Å². The van der Waals surface area contributed by atoms with Gasteiger partial charge in [0.2, 0.25) is 5.91 Å². The largest absolute Gasteiger partial charge is 0.481 e. The second-order valence-electron chi connectivity index (χ2n) is 6.94. The minimum absolute atomic E-state index is 0.0138. The molecule has 2 rings (SSSR count). The molecule has 2 fully saturated rings. The van der Waals surface area contributed by atoms with Crippen LogP contribution in [0.2, 0.25) is 0 Å². The monoisotopic (exact) mass is 295 g/mol. The molecule has 0 saturated heterocycles. The van der Waals surface area contributed by atoms with E-state index in [1.165, 1.54) is 19.3 Å². The van der Waals surface area contributed by atoms with Crippen molar-refractivity contribution in [2.45, 2.75) is 71.3 Å². The number of hydrogen-bond donors (Lipinski definition) is 2. The summed E-state index contributed by atoms with van der Waals surface area (Å²) >= 11 is 0. The van der Waals surface area contributed by atoms with Crippen molar-refractivity contribution in [2.75, 3.05) is 0 Å². The van der Waals surface area contributed by atoms with Crippen molar-refractivity contribution in [3.63, 3.8) is 0 Å². The highest BCUT2D eigenvalue weighted by Gasteiger charge is 2.42. The van der Waals surface area contributed by atoms with Gasteiger partial charge in [0.25, 0.3) is 0 Å². The van der Waals surface area contributed by atoms with E-state index in [-0.39, 0.29) is 17.9 Å². The molecule has 4 nitrogen and oxygen atoms in total. The van der Waals surface area contributed by atoms with Crippen LogP contribution in [0, 0.1) is 23.7 Å². The Hall–Kier alpha value is -1.06. The first kappa shape index (κ1) is 16.3. The van der Waals surface area contributed by atoms with Crippen LogP contribution in [0.25, 0.3) is 0 Å². The van der Waals surface area contributed by atoms with E-state index >= 15 is 0 Å². The highest BCUT2D eigenvalue weighted by molar-refractivity contribution is 5.85. The van der Waals surface area contributed by atoms with Crippen LogP contribution in [0.15, 0.2) is 0 Å². The van der Waals surface area contributed by atoms with Crippen molar-refractivity contribution in [1.82, 2.24) is 5.32 Å². The summed E-state index contributed by atoms with van der Waals surface area (Å²) in [4.78, 5) is 23.9. The highest BCUT2D eigenvalue weighted by Crippen LogP contribution is 2.39. The topological polar surface area (TPSA) is 66.4 Å². The molecule has 1 amide bonds. The maximum Gasteiger partial charge on any atom is 0.307 e.